The maximum absolute atomic E-state index is 11.3. The average molecular weight is 172 g/mol. The van der Waals surface area contributed by atoms with Crippen molar-refractivity contribution in [2.45, 2.75) is 39.7 Å². The summed E-state index contributed by atoms with van der Waals surface area (Å²) < 4.78 is 0. The van der Waals surface area contributed by atoms with Crippen molar-refractivity contribution in [2.75, 3.05) is 13.6 Å². The van der Waals surface area contributed by atoms with Gasteiger partial charge in [0.25, 0.3) is 0 Å². The predicted molar refractivity (Wildman–Crippen MR) is 51.2 cm³/mol. The third-order valence-electron chi connectivity index (χ3n) is 1.89. The van der Waals surface area contributed by atoms with E-state index in [9.17, 15) is 4.79 Å². The third kappa shape index (κ3) is 4.21. The number of nitrogens with one attached hydrogen (secondary N) is 1. The molecule has 0 saturated carbocycles. The number of nitrogens with zero attached hydrogens (tertiary/aromatic N) is 1. The van der Waals surface area contributed by atoms with Crippen LogP contribution in [0.1, 0.15) is 33.6 Å². The molecule has 0 aromatic carbocycles. The molecule has 0 saturated heterocycles. The fourth-order valence-electron chi connectivity index (χ4n) is 0.860. The van der Waals surface area contributed by atoms with Gasteiger partial charge >= 0.3 is 6.03 Å². The van der Waals surface area contributed by atoms with Crippen LogP contribution in [0.3, 0.4) is 0 Å². The van der Waals surface area contributed by atoms with Crippen LogP contribution in [0, 0.1) is 0 Å². The Labute approximate surface area is 75.1 Å². The molecule has 0 aromatic rings. The van der Waals surface area contributed by atoms with E-state index in [4.69, 9.17) is 0 Å². The number of hydrogen-bond donors (Lipinski definition) is 1. The molecule has 72 valence electrons. The number of hydrogen-bond acceptors (Lipinski definition) is 1. The lowest BCUT2D eigenvalue weighted by atomic mass is 10.3. The van der Waals surface area contributed by atoms with Gasteiger partial charge in [-0.2, -0.15) is 0 Å². The number of carbonyl (C=O) groups is 1. The van der Waals surface area contributed by atoms with Crippen LogP contribution in [0.25, 0.3) is 0 Å². The number of urea groups is 1. The van der Waals surface area contributed by atoms with E-state index in [2.05, 4.69) is 19.2 Å². The Balaban J connectivity index is 3.70. The molecule has 0 bridgehead atoms. The van der Waals surface area contributed by atoms with Gasteiger partial charge in [-0.15, -0.1) is 0 Å². The van der Waals surface area contributed by atoms with E-state index < -0.39 is 0 Å². The molecule has 0 radical (unpaired) electrons. The van der Waals surface area contributed by atoms with Gasteiger partial charge in [0.1, 0.15) is 0 Å². The van der Waals surface area contributed by atoms with Crippen LogP contribution in [0.15, 0.2) is 0 Å². The molecule has 0 aromatic heterocycles. The van der Waals surface area contributed by atoms with Gasteiger partial charge in [-0.05, 0) is 19.8 Å². The summed E-state index contributed by atoms with van der Waals surface area (Å²) in [5, 5.41) is 2.90. The molecular formula is C9H20N2O. The fourth-order valence-corrected chi connectivity index (χ4v) is 0.860. The van der Waals surface area contributed by atoms with Gasteiger partial charge in [0.15, 0.2) is 0 Å². The van der Waals surface area contributed by atoms with Crippen LogP contribution in [-0.4, -0.2) is 30.6 Å². The first-order valence-corrected chi connectivity index (χ1v) is 4.63. The first-order chi connectivity index (χ1) is 5.61. The molecule has 3 nitrogen and oxygen atoms in total. The number of amides is 2. The molecule has 0 aliphatic heterocycles. The van der Waals surface area contributed by atoms with Crippen LogP contribution in [-0.2, 0) is 0 Å². The van der Waals surface area contributed by atoms with Crippen molar-refractivity contribution in [3.8, 4) is 0 Å². The van der Waals surface area contributed by atoms with Gasteiger partial charge in [-0.3, -0.25) is 0 Å². The minimum atomic E-state index is 0.0335. The van der Waals surface area contributed by atoms with E-state index in [0.717, 1.165) is 19.4 Å². The Morgan fingerprint density at radius 1 is 1.50 bits per heavy atom. The second kappa shape index (κ2) is 5.86. The van der Waals surface area contributed by atoms with Crippen LogP contribution >= 0.6 is 0 Å². The average Bonchev–Trinajstić information content (AvgIpc) is 2.04. The highest BCUT2D eigenvalue weighted by Gasteiger charge is 2.08. The van der Waals surface area contributed by atoms with E-state index in [-0.39, 0.29) is 12.1 Å². The van der Waals surface area contributed by atoms with Crippen molar-refractivity contribution in [2.24, 2.45) is 0 Å². The molecule has 1 atom stereocenters. The molecule has 0 rings (SSSR count). The first kappa shape index (κ1) is 11.3. The maximum atomic E-state index is 11.3. The van der Waals surface area contributed by atoms with Crippen LogP contribution in [0.4, 0.5) is 4.79 Å². The van der Waals surface area contributed by atoms with Gasteiger partial charge in [-0.25, -0.2) is 4.79 Å². The van der Waals surface area contributed by atoms with Crippen LogP contribution in [0.5, 0.6) is 0 Å². The summed E-state index contributed by atoms with van der Waals surface area (Å²) in [6, 6.07) is 0.308. The normalized spacial score (nSPS) is 12.3. The molecule has 0 spiro atoms. The molecule has 0 aliphatic rings. The fraction of sp³-hybridized carbons (Fsp3) is 0.889. The smallest absolute Gasteiger partial charge is 0.317 e. The van der Waals surface area contributed by atoms with Gasteiger partial charge in [-0.1, -0.05) is 13.8 Å². The third-order valence-corrected chi connectivity index (χ3v) is 1.89. The SMILES string of the molecule is CCCN(C)C(=O)NC(C)CC. The van der Waals surface area contributed by atoms with E-state index in [1.165, 1.54) is 0 Å². The van der Waals surface area contributed by atoms with Gasteiger partial charge in [0, 0.05) is 19.6 Å². The minimum Gasteiger partial charge on any atom is -0.336 e. The zero-order chi connectivity index (χ0) is 9.56. The maximum Gasteiger partial charge on any atom is 0.317 e. The minimum absolute atomic E-state index is 0.0335. The van der Waals surface area contributed by atoms with E-state index in [1.54, 1.807) is 4.90 Å². The highest BCUT2D eigenvalue weighted by molar-refractivity contribution is 5.74. The molecule has 0 aliphatic carbocycles. The Hall–Kier alpha value is -0.730. The molecule has 0 heterocycles. The molecule has 1 unspecified atom stereocenters. The quantitative estimate of drug-likeness (QED) is 0.689. The lowest BCUT2D eigenvalue weighted by Crippen LogP contribution is -2.41. The molecule has 0 fully saturated rings. The summed E-state index contributed by atoms with van der Waals surface area (Å²) in [4.78, 5) is 13.0. The van der Waals surface area contributed by atoms with Crippen molar-refractivity contribution in [3.05, 3.63) is 0 Å². The van der Waals surface area contributed by atoms with Crippen LogP contribution < -0.4 is 5.32 Å². The van der Waals surface area contributed by atoms with Crippen molar-refractivity contribution < 1.29 is 4.79 Å². The van der Waals surface area contributed by atoms with Crippen molar-refractivity contribution in [1.29, 1.82) is 0 Å². The summed E-state index contributed by atoms with van der Waals surface area (Å²) in [6.07, 6.45) is 1.98. The number of carbonyl (C=O) groups excluding carboxylic acids is 1. The zero-order valence-corrected chi connectivity index (χ0v) is 8.55. The Morgan fingerprint density at radius 2 is 2.08 bits per heavy atom. The largest absolute Gasteiger partial charge is 0.336 e. The Bertz CT molecular complexity index is 136. The highest BCUT2D eigenvalue weighted by atomic mass is 16.2. The van der Waals surface area contributed by atoms with Crippen molar-refractivity contribution >= 4 is 6.03 Å². The summed E-state index contributed by atoms with van der Waals surface area (Å²) >= 11 is 0. The molecule has 1 N–H and O–H groups in total. The van der Waals surface area contributed by atoms with Crippen molar-refractivity contribution in [3.63, 3.8) is 0 Å². The van der Waals surface area contributed by atoms with Crippen LogP contribution in [0.2, 0.25) is 0 Å². The summed E-state index contributed by atoms with van der Waals surface area (Å²) in [5.41, 5.74) is 0. The Kier molecular flexibility index (Phi) is 5.51. The second-order valence-corrected chi connectivity index (χ2v) is 3.18. The van der Waals surface area contributed by atoms with Gasteiger partial charge in [0.05, 0.1) is 0 Å². The first-order valence-electron chi connectivity index (χ1n) is 4.63. The second-order valence-electron chi connectivity index (χ2n) is 3.18. The lowest BCUT2D eigenvalue weighted by Gasteiger charge is -2.19. The highest BCUT2D eigenvalue weighted by Crippen LogP contribution is 1.92. The van der Waals surface area contributed by atoms with Gasteiger partial charge in [0.2, 0.25) is 0 Å². The van der Waals surface area contributed by atoms with E-state index in [0.29, 0.717) is 0 Å². The standard InChI is InChI=1S/C9H20N2O/c1-5-7-11(4)9(12)10-8(3)6-2/h8H,5-7H2,1-4H3,(H,10,12). The number of rotatable bonds is 4. The zero-order valence-electron chi connectivity index (χ0n) is 8.55. The van der Waals surface area contributed by atoms with Crippen molar-refractivity contribution in [1.82, 2.24) is 10.2 Å². The summed E-state index contributed by atoms with van der Waals surface area (Å²) in [5.74, 6) is 0. The Morgan fingerprint density at radius 3 is 2.50 bits per heavy atom. The van der Waals surface area contributed by atoms with E-state index in [1.807, 2.05) is 14.0 Å². The van der Waals surface area contributed by atoms with E-state index >= 15 is 0 Å². The molecule has 12 heavy (non-hydrogen) atoms. The summed E-state index contributed by atoms with van der Waals surface area (Å²) in [7, 11) is 1.82. The van der Waals surface area contributed by atoms with Gasteiger partial charge < -0.3 is 10.2 Å². The topological polar surface area (TPSA) is 32.3 Å². The molecular weight excluding hydrogens is 152 g/mol. The predicted octanol–water partition coefficient (Wildman–Crippen LogP) is 1.84. The summed E-state index contributed by atoms with van der Waals surface area (Å²) in [6.45, 7) is 6.96. The molecule has 3 heteroatoms. The monoisotopic (exact) mass is 172 g/mol. The molecule has 2 amide bonds. The lowest BCUT2D eigenvalue weighted by molar-refractivity contribution is 0.205.